The molecule has 2 N–H and O–H groups in total. The summed E-state index contributed by atoms with van der Waals surface area (Å²) in [7, 11) is 0. The van der Waals surface area contributed by atoms with E-state index in [1.807, 2.05) is 5.38 Å². The third-order valence-corrected chi connectivity index (χ3v) is 3.70. The smallest absolute Gasteiger partial charge is 0.228 e. The zero-order valence-corrected chi connectivity index (χ0v) is 10.3. The SMILES string of the molecule is NC(=O)C1CCN(C(=O)Cc2cscn2)CC1. The van der Waals surface area contributed by atoms with E-state index >= 15 is 0 Å². The average molecular weight is 253 g/mol. The maximum absolute atomic E-state index is 11.9. The van der Waals surface area contributed by atoms with Crippen molar-refractivity contribution in [3.63, 3.8) is 0 Å². The van der Waals surface area contributed by atoms with Crippen LogP contribution in [0.4, 0.5) is 0 Å². The summed E-state index contributed by atoms with van der Waals surface area (Å²) in [6.45, 7) is 1.24. The van der Waals surface area contributed by atoms with Crippen LogP contribution in [0.1, 0.15) is 18.5 Å². The standard InChI is InChI=1S/C11H15N3O2S/c12-11(16)8-1-3-14(4-2-8)10(15)5-9-6-17-7-13-9/h6-8H,1-5H2,(H2,12,16). The number of hydrogen-bond donors (Lipinski definition) is 1. The van der Waals surface area contributed by atoms with Crippen molar-refractivity contribution in [3.8, 4) is 0 Å². The predicted octanol–water partition coefficient (Wildman–Crippen LogP) is 0.409. The maximum Gasteiger partial charge on any atom is 0.228 e. The lowest BCUT2D eigenvalue weighted by Gasteiger charge is -2.30. The number of piperidine rings is 1. The van der Waals surface area contributed by atoms with Crippen LogP contribution in [-0.2, 0) is 16.0 Å². The quantitative estimate of drug-likeness (QED) is 0.847. The summed E-state index contributed by atoms with van der Waals surface area (Å²) in [5.74, 6) is -0.242. The molecule has 5 nitrogen and oxygen atoms in total. The number of primary amides is 1. The van der Waals surface area contributed by atoms with Crippen LogP contribution in [0.15, 0.2) is 10.9 Å². The first-order chi connectivity index (χ1) is 8.16. The number of carbonyl (C=O) groups excluding carboxylic acids is 2. The number of nitrogens with zero attached hydrogens (tertiary/aromatic N) is 2. The Balaban J connectivity index is 1.84. The van der Waals surface area contributed by atoms with Gasteiger partial charge in [0.25, 0.3) is 0 Å². The van der Waals surface area contributed by atoms with Gasteiger partial charge in [-0.1, -0.05) is 0 Å². The summed E-state index contributed by atoms with van der Waals surface area (Å²) in [6.07, 6.45) is 1.71. The van der Waals surface area contributed by atoms with Crippen molar-refractivity contribution in [2.75, 3.05) is 13.1 Å². The van der Waals surface area contributed by atoms with Gasteiger partial charge in [-0.15, -0.1) is 11.3 Å². The number of hydrogen-bond acceptors (Lipinski definition) is 4. The van der Waals surface area contributed by atoms with E-state index in [0.717, 1.165) is 5.69 Å². The molecule has 0 atom stereocenters. The van der Waals surface area contributed by atoms with Crippen LogP contribution in [0.5, 0.6) is 0 Å². The molecule has 1 aromatic rings. The fraction of sp³-hybridized carbons (Fsp3) is 0.545. The first-order valence-corrected chi connectivity index (χ1v) is 6.55. The molecule has 0 unspecified atom stereocenters. The van der Waals surface area contributed by atoms with E-state index in [1.165, 1.54) is 11.3 Å². The van der Waals surface area contributed by atoms with Crippen LogP contribution in [0, 0.1) is 5.92 Å². The lowest BCUT2D eigenvalue weighted by Crippen LogP contribution is -2.42. The van der Waals surface area contributed by atoms with Crippen molar-refractivity contribution >= 4 is 23.2 Å². The molecule has 1 saturated heterocycles. The van der Waals surface area contributed by atoms with E-state index in [-0.39, 0.29) is 17.7 Å². The van der Waals surface area contributed by atoms with Gasteiger partial charge in [0.1, 0.15) is 0 Å². The fourth-order valence-electron chi connectivity index (χ4n) is 2.00. The lowest BCUT2D eigenvalue weighted by molar-refractivity contribution is -0.134. The highest BCUT2D eigenvalue weighted by Crippen LogP contribution is 2.17. The Hall–Kier alpha value is -1.43. The lowest BCUT2D eigenvalue weighted by atomic mass is 9.96. The molecule has 0 saturated carbocycles. The number of rotatable bonds is 3. The third kappa shape index (κ3) is 3.03. The minimum atomic E-state index is -0.253. The average Bonchev–Trinajstić information content (AvgIpc) is 2.82. The summed E-state index contributed by atoms with van der Waals surface area (Å²) in [6, 6.07) is 0. The van der Waals surface area contributed by atoms with Crippen molar-refractivity contribution in [2.24, 2.45) is 11.7 Å². The summed E-state index contributed by atoms with van der Waals surface area (Å²) < 4.78 is 0. The van der Waals surface area contributed by atoms with E-state index in [4.69, 9.17) is 5.73 Å². The Labute approximate surface area is 104 Å². The third-order valence-electron chi connectivity index (χ3n) is 3.07. The summed E-state index contributed by atoms with van der Waals surface area (Å²) in [5.41, 5.74) is 7.79. The van der Waals surface area contributed by atoms with Gasteiger partial charge in [0.05, 0.1) is 17.6 Å². The molecule has 1 fully saturated rings. The molecule has 0 aromatic carbocycles. The van der Waals surface area contributed by atoms with Crippen molar-refractivity contribution in [3.05, 3.63) is 16.6 Å². The Kier molecular flexibility index (Phi) is 3.73. The predicted molar refractivity (Wildman–Crippen MR) is 64.3 cm³/mol. The Morgan fingerprint density at radius 2 is 2.18 bits per heavy atom. The molecule has 92 valence electrons. The molecule has 0 bridgehead atoms. The minimum absolute atomic E-state index is 0.0710. The van der Waals surface area contributed by atoms with Gasteiger partial charge in [-0.2, -0.15) is 0 Å². The van der Waals surface area contributed by atoms with Gasteiger partial charge >= 0.3 is 0 Å². The highest BCUT2D eigenvalue weighted by Gasteiger charge is 2.25. The topological polar surface area (TPSA) is 76.3 Å². The van der Waals surface area contributed by atoms with E-state index in [0.29, 0.717) is 32.4 Å². The Bertz CT molecular complexity index is 397. The van der Waals surface area contributed by atoms with Crippen molar-refractivity contribution in [1.82, 2.24) is 9.88 Å². The van der Waals surface area contributed by atoms with Crippen molar-refractivity contribution < 1.29 is 9.59 Å². The fourth-order valence-corrected chi connectivity index (χ4v) is 2.56. The number of nitrogens with two attached hydrogens (primary N) is 1. The van der Waals surface area contributed by atoms with Gasteiger partial charge in [-0.3, -0.25) is 9.59 Å². The van der Waals surface area contributed by atoms with E-state index < -0.39 is 0 Å². The normalized spacial score (nSPS) is 17.1. The summed E-state index contributed by atoms with van der Waals surface area (Å²) in [5, 5.41) is 1.88. The van der Waals surface area contributed by atoms with Gasteiger partial charge in [0.15, 0.2) is 0 Å². The zero-order valence-electron chi connectivity index (χ0n) is 9.46. The molecule has 17 heavy (non-hydrogen) atoms. The van der Waals surface area contributed by atoms with Gasteiger partial charge < -0.3 is 10.6 Å². The highest BCUT2D eigenvalue weighted by molar-refractivity contribution is 7.07. The van der Waals surface area contributed by atoms with Crippen molar-refractivity contribution in [2.45, 2.75) is 19.3 Å². The van der Waals surface area contributed by atoms with E-state index in [9.17, 15) is 9.59 Å². The molecular weight excluding hydrogens is 238 g/mol. The second kappa shape index (κ2) is 5.27. The molecule has 1 aromatic heterocycles. The van der Waals surface area contributed by atoms with Crippen LogP contribution >= 0.6 is 11.3 Å². The van der Waals surface area contributed by atoms with E-state index in [1.54, 1.807) is 10.4 Å². The monoisotopic (exact) mass is 253 g/mol. The number of aromatic nitrogens is 1. The molecule has 0 spiro atoms. The second-order valence-corrected chi connectivity index (χ2v) is 4.93. The largest absolute Gasteiger partial charge is 0.369 e. The molecule has 0 radical (unpaired) electrons. The molecular formula is C11H15N3O2S. The van der Waals surface area contributed by atoms with Crippen LogP contribution in [0.2, 0.25) is 0 Å². The molecule has 1 aliphatic heterocycles. The molecule has 6 heteroatoms. The second-order valence-electron chi connectivity index (χ2n) is 4.21. The molecule has 2 rings (SSSR count). The Morgan fingerprint density at radius 3 is 2.71 bits per heavy atom. The molecule has 0 aliphatic carbocycles. The van der Waals surface area contributed by atoms with Crippen molar-refractivity contribution in [1.29, 1.82) is 0 Å². The molecule has 2 amide bonds. The van der Waals surface area contributed by atoms with Crippen LogP contribution in [-0.4, -0.2) is 34.8 Å². The number of likely N-dealkylation sites (tertiary alicyclic amines) is 1. The van der Waals surface area contributed by atoms with E-state index in [2.05, 4.69) is 4.98 Å². The first-order valence-electron chi connectivity index (χ1n) is 5.61. The summed E-state index contributed by atoms with van der Waals surface area (Å²) in [4.78, 5) is 28.8. The van der Waals surface area contributed by atoms with Gasteiger partial charge in [0.2, 0.25) is 11.8 Å². The van der Waals surface area contributed by atoms with Crippen LogP contribution < -0.4 is 5.73 Å². The van der Waals surface area contributed by atoms with Gasteiger partial charge in [-0.05, 0) is 12.8 Å². The zero-order chi connectivity index (χ0) is 12.3. The number of amides is 2. The highest BCUT2D eigenvalue weighted by atomic mass is 32.1. The van der Waals surface area contributed by atoms with Gasteiger partial charge in [0, 0.05) is 24.4 Å². The molecule has 1 aliphatic rings. The summed E-state index contributed by atoms with van der Waals surface area (Å²) >= 11 is 1.49. The first kappa shape index (κ1) is 12.0. The van der Waals surface area contributed by atoms with Crippen LogP contribution in [0.25, 0.3) is 0 Å². The number of carbonyl (C=O) groups is 2. The Morgan fingerprint density at radius 1 is 1.47 bits per heavy atom. The minimum Gasteiger partial charge on any atom is -0.369 e. The maximum atomic E-state index is 11.9. The number of thiazole rings is 1. The van der Waals surface area contributed by atoms with Crippen LogP contribution in [0.3, 0.4) is 0 Å². The molecule has 2 heterocycles. The van der Waals surface area contributed by atoms with Gasteiger partial charge in [-0.25, -0.2) is 4.98 Å².